The van der Waals surface area contributed by atoms with Gasteiger partial charge in [-0.2, -0.15) is 5.10 Å². The van der Waals surface area contributed by atoms with Crippen LogP contribution in [0.5, 0.6) is 0 Å². The van der Waals surface area contributed by atoms with Crippen molar-refractivity contribution in [3.63, 3.8) is 0 Å². The Balaban J connectivity index is 1.71. The SMILES string of the molecule is CCn1ccc(CNCCc2ccnn2C)c1. The fourth-order valence-electron chi connectivity index (χ4n) is 1.89. The molecule has 0 aliphatic rings. The molecule has 2 aromatic rings. The van der Waals surface area contributed by atoms with Crippen molar-refractivity contribution in [2.24, 2.45) is 7.05 Å². The molecule has 0 aliphatic carbocycles. The number of nitrogens with zero attached hydrogens (tertiary/aromatic N) is 3. The summed E-state index contributed by atoms with van der Waals surface area (Å²) in [5.74, 6) is 0. The Morgan fingerprint density at radius 3 is 2.88 bits per heavy atom. The molecular weight excluding hydrogens is 212 g/mol. The van der Waals surface area contributed by atoms with Crippen LogP contribution in [-0.2, 0) is 26.6 Å². The smallest absolute Gasteiger partial charge is 0.0492 e. The molecule has 0 aromatic carbocycles. The maximum Gasteiger partial charge on any atom is 0.0492 e. The number of rotatable bonds is 6. The highest BCUT2D eigenvalue weighted by Gasteiger charge is 1.98. The molecule has 0 atom stereocenters. The molecule has 4 nitrogen and oxygen atoms in total. The third-order valence-corrected chi connectivity index (χ3v) is 2.99. The zero-order chi connectivity index (χ0) is 12.1. The molecular formula is C13H20N4. The van der Waals surface area contributed by atoms with E-state index in [-0.39, 0.29) is 0 Å². The minimum Gasteiger partial charge on any atom is -0.354 e. The number of aryl methyl sites for hydroxylation is 2. The first-order valence-corrected chi connectivity index (χ1v) is 6.12. The molecule has 4 heteroatoms. The summed E-state index contributed by atoms with van der Waals surface area (Å²) in [7, 11) is 1.98. The molecule has 0 saturated heterocycles. The number of hydrogen-bond acceptors (Lipinski definition) is 2. The predicted octanol–water partition coefficient (Wildman–Crippen LogP) is 1.57. The summed E-state index contributed by atoms with van der Waals surface area (Å²) in [6, 6.07) is 4.23. The molecule has 2 rings (SSSR count). The third kappa shape index (κ3) is 3.20. The van der Waals surface area contributed by atoms with E-state index in [0.717, 1.165) is 26.1 Å². The van der Waals surface area contributed by atoms with Gasteiger partial charge in [-0.05, 0) is 24.6 Å². The van der Waals surface area contributed by atoms with E-state index >= 15 is 0 Å². The summed E-state index contributed by atoms with van der Waals surface area (Å²) in [5.41, 5.74) is 2.61. The third-order valence-electron chi connectivity index (χ3n) is 2.99. The summed E-state index contributed by atoms with van der Waals surface area (Å²) < 4.78 is 4.12. The van der Waals surface area contributed by atoms with Gasteiger partial charge in [0.15, 0.2) is 0 Å². The highest BCUT2D eigenvalue weighted by atomic mass is 15.3. The van der Waals surface area contributed by atoms with Crippen LogP contribution in [0.2, 0.25) is 0 Å². The minimum absolute atomic E-state index is 0.935. The van der Waals surface area contributed by atoms with Gasteiger partial charge in [0.2, 0.25) is 0 Å². The lowest BCUT2D eigenvalue weighted by atomic mass is 10.3. The quantitative estimate of drug-likeness (QED) is 0.767. The molecule has 2 aromatic heterocycles. The largest absolute Gasteiger partial charge is 0.354 e. The van der Waals surface area contributed by atoms with Crippen LogP contribution < -0.4 is 5.32 Å². The predicted molar refractivity (Wildman–Crippen MR) is 68.7 cm³/mol. The summed E-state index contributed by atoms with van der Waals surface area (Å²) in [4.78, 5) is 0. The molecule has 0 spiro atoms. The van der Waals surface area contributed by atoms with Gasteiger partial charge in [0.05, 0.1) is 0 Å². The molecule has 0 unspecified atom stereocenters. The summed E-state index contributed by atoms with van der Waals surface area (Å²) in [5, 5.41) is 7.60. The van der Waals surface area contributed by atoms with Crippen LogP contribution in [0.15, 0.2) is 30.7 Å². The van der Waals surface area contributed by atoms with Gasteiger partial charge < -0.3 is 9.88 Å². The van der Waals surface area contributed by atoms with Gasteiger partial charge in [0, 0.05) is 57.4 Å². The molecule has 92 valence electrons. The Labute approximate surface area is 102 Å². The van der Waals surface area contributed by atoms with Crippen molar-refractivity contribution in [3.05, 3.63) is 42.0 Å². The van der Waals surface area contributed by atoms with E-state index in [0.29, 0.717) is 0 Å². The first-order valence-electron chi connectivity index (χ1n) is 6.12. The fourth-order valence-corrected chi connectivity index (χ4v) is 1.89. The van der Waals surface area contributed by atoms with Gasteiger partial charge in [-0.1, -0.05) is 0 Å². The summed E-state index contributed by atoms with van der Waals surface area (Å²) in [6.07, 6.45) is 7.18. The van der Waals surface area contributed by atoms with E-state index in [4.69, 9.17) is 0 Å². The highest BCUT2D eigenvalue weighted by Crippen LogP contribution is 2.01. The van der Waals surface area contributed by atoms with E-state index in [2.05, 4.69) is 46.4 Å². The van der Waals surface area contributed by atoms with Crippen LogP contribution in [0.3, 0.4) is 0 Å². The highest BCUT2D eigenvalue weighted by molar-refractivity contribution is 5.10. The van der Waals surface area contributed by atoms with Crippen LogP contribution in [0.25, 0.3) is 0 Å². The Bertz CT molecular complexity index is 455. The fraction of sp³-hybridized carbons (Fsp3) is 0.462. The van der Waals surface area contributed by atoms with Crippen molar-refractivity contribution in [3.8, 4) is 0 Å². The second kappa shape index (κ2) is 5.68. The lowest BCUT2D eigenvalue weighted by Gasteiger charge is -2.04. The second-order valence-electron chi connectivity index (χ2n) is 4.22. The summed E-state index contributed by atoms with van der Waals surface area (Å²) in [6.45, 7) is 5.11. The normalized spacial score (nSPS) is 10.9. The molecule has 2 heterocycles. The second-order valence-corrected chi connectivity index (χ2v) is 4.22. The van der Waals surface area contributed by atoms with Crippen LogP contribution in [0.1, 0.15) is 18.2 Å². The maximum absolute atomic E-state index is 4.15. The lowest BCUT2D eigenvalue weighted by Crippen LogP contribution is -2.17. The first-order chi connectivity index (χ1) is 8.29. The lowest BCUT2D eigenvalue weighted by molar-refractivity contribution is 0.642. The number of nitrogens with one attached hydrogen (secondary N) is 1. The zero-order valence-electron chi connectivity index (χ0n) is 10.6. The molecule has 17 heavy (non-hydrogen) atoms. The van der Waals surface area contributed by atoms with E-state index in [1.54, 1.807) is 0 Å². The van der Waals surface area contributed by atoms with Crippen LogP contribution >= 0.6 is 0 Å². The van der Waals surface area contributed by atoms with Crippen molar-refractivity contribution < 1.29 is 0 Å². The molecule has 0 bridgehead atoms. The molecule has 0 saturated carbocycles. The van der Waals surface area contributed by atoms with Gasteiger partial charge in [-0.3, -0.25) is 4.68 Å². The van der Waals surface area contributed by atoms with Crippen LogP contribution in [0, 0.1) is 0 Å². The van der Waals surface area contributed by atoms with Crippen molar-refractivity contribution in [1.29, 1.82) is 0 Å². The van der Waals surface area contributed by atoms with Crippen LogP contribution in [0.4, 0.5) is 0 Å². The van der Waals surface area contributed by atoms with Gasteiger partial charge in [-0.25, -0.2) is 0 Å². The summed E-state index contributed by atoms with van der Waals surface area (Å²) >= 11 is 0. The Morgan fingerprint density at radius 2 is 2.24 bits per heavy atom. The Hall–Kier alpha value is -1.55. The van der Waals surface area contributed by atoms with Crippen molar-refractivity contribution >= 4 is 0 Å². The van der Waals surface area contributed by atoms with Gasteiger partial charge in [0.1, 0.15) is 0 Å². The Kier molecular flexibility index (Phi) is 3.98. The van der Waals surface area contributed by atoms with Gasteiger partial charge >= 0.3 is 0 Å². The average molecular weight is 232 g/mol. The average Bonchev–Trinajstić information content (AvgIpc) is 2.94. The van der Waals surface area contributed by atoms with Gasteiger partial charge in [-0.15, -0.1) is 0 Å². The monoisotopic (exact) mass is 232 g/mol. The molecule has 0 aliphatic heterocycles. The van der Waals surface area contributed by atoms with Gasteiger partial charge in [0.25, 0.3) is 0 Å². The van der Waals surface area contributed by atoms with E-state index in [1.807, 2.05) is 17.9 Å². The topological polar surface area (TPSA) is 34.8 Å². The number of aromatic nitrogens is 3. The van der Waals surface area contributed by atoms with E-state index in [9.17, 15) is 0 Å². The van der Waals surface area contributed by atoms with Crippen molar-refractivity contribution in [2.45, 2.75) is 26.4 Å². The molecule has 0 radical (unpaired) electrons. The number of hydrogen-bond donors (Lipinski definition) is 1. The van der Waals surface area contributed by atoms with Crippen molar-refractivity contribution in [2.75, 3.05) is 6.54 Å². The van der Waals surface area contributed by atoms with Crippen molar-refractivity contribution in [1.82, 2.24) is 19.7 Å². The molecule has 1 N–H and O–H groups in total. The zero-order valence-corrected chi connectivity index (χ0v) is 10.6. The minimum atomic E-state index is 0.935. The van der Waals surface area contributed by atoms with Crippen LogP contribution in [-0.4, -0.2) is 20.9 Å². The molecule has 0 fully saturated rings. The van der Waals surface area contributed by atoms with E-state index < -0.39 is 0 Å². The maximum atomic E-state index is 4.15. The Morgan fingerprint density at radius 1 is 1.35 bits per heavy atom. The van der Waals surface area contributed by atoms with E-state index in [1.165, 1.54) is 11.3 Å². The molecule has 0 amide bonds. The first kappa shape index (κ1) is 11.9. The standard InChI is InChI=1S/C13H20N4/c1-3-17-9-6-12(11-17)10-14-7-4-13-5-8-15-16(13)2/h5-6,8-9,11,14H,3-4,7,10H2,1-2H3.